The Balaban J connectivity index is 1.42. The smallest absolute Gasteiger partial charge is 0.303 e. The Kier molecular flexibility index (Phi) is 8.48. The number of hydrogen-bond donors (Lipinski definition) is 2. The maximum absolute atomic E-state index is 13.0. The number of amides is 1. The average Bonchev–Trinajstić information content (AvgIpc) is 3.71. The first kappa shape index (κ1) is 26.7. The molecule has 1 unspecified atom stereocenters. The van der Waals surface area contributed by atoms with Crippen LogP contribution in [0.25, 0.3) is 0 Å². The summed E-state index contributed by atoms with van der Waals surface area (Å²) in [6.07, 6.45) is 2.40. The van der Waals surface area contributed by atoms with Crippen molar-refractivity contribution in [1.29, 1.82) is 0 Å². The number of carbonyl (C=O) groups excluding carboxylic acids is 1. The highest BCUT2D eigenvalue weighted by molar-refractivity contribution is 7.91. The first-order valence-electron chi connectivity index (χ1n) is 11.8. The zero-order valence-corrected chi connectivity index (χ0v) is 21.5. The van der Waals surface area contributed by atoms with Crippen LogP contribution < -0.4 is 15.2 Å². The van der Waals surface area contributed by atoms with E-state index in [0.29, 0.717) is 28.4 Å². The topological polar surface area (TPSA) is 113 Å². The van der Waals surface area contributed by atoms with Gasteiger partial charge in [0.05, 0.1) is 27.8 Å². The van der Waals surface area contributed by atoms with Crippen LogP contribution >= 0.6 is 11.6 Å². The van der Waals surface area contributed by atoms with Gasteiger partial charge in [0.2, 0.25) is 6.41 Å². The van der Waals surface area contributed by atoms with Crippen LogP contribution in [0.5, 0.6) is 5.75 Å². The molecule has 0 aliphatic heterocycles. The molecule has 1 fully saturated rings. The molecule has 0 bridgehead atoms. The van der Waals surface area contributed by atoms with E-state index >= 15 is 0 Å². The number of nitrogens with one attached hydrogen (secondary N) is 1. The van der Waals surface area contributed by atoms with Crippen LogP contribution in [-0.4, -0.2) is 37.7 Å². The molecular formula is C27H27ClN2O6S. The maximum atomic E-state index is 13.0. The molecule has 0 spiro atoms. The van der Waals surface area contributed by atoms with Crippen LogP contribution in [-0.2, 0) is 26.0 Å². The number of benzene rings is 3. The number of carboxylic acid groups (broad SMARTS) is 1. The van der Waals surface area contributed by atoms with E-state index < -0.39 is 21.7 Å². The lowest BCUT2D eigenvalue weighted by molar-refractivity contribution is -0.137. The van der Waals surface area contributed by atoms with Crippen LogP contribution in [0.3, 0.4) is 0 Å². The number of nitrogens with zero attached hydrogens (tertiary/aromatic N) is 1. The molecule has 1 saturated carbocycles. The lowest BCUT2D eigenvalue weighted by Crippen LogP contribution is -2.38. The summed E-state index contributed by atoms with van der Waals surface area (Å²) in [4.78, 5) is 23.0. The normalized spacial score (nSPS) is 14.1. The molecule has 1 amide bonds. The number of carboxylic acids is 1. The van der Waals surface area contributed by atoms with Crippen molar-refractivity contribution in [3.05, 3.63) is 88.9 Å². The predicted molar refractivity (Wildman–Crippen MR) is 140 cm³/mol. The van der Waals surface area contributed by atoms with E-state index in [0.717, 1.165) is 18.4 Å². The summed E-state index contributed by atoms with van der Waals surface area (Å²) in [5.41, 5.74) is 5.07. The third-order valence-corrected chi connectivity index (χ3v) is 8.13. The van der Waals surface area contributed by atoms with E-state index in [4.69, 9.17) is 16.3 Å². The highest BCUT2D eigenvalue weighted by Gasteiger charge is 2.26. The second kappa shape index (κ2) is 11.8. The Morgan fingerprint density at radius 1 is 1.11 bits per heavy atom. The van der Waals surface area contributed by atoms with Gasteiger partial charge < -0.3 is 9.84 Å². The fraction of sp³-hybridized carbons (Fsp3) is 0.259. The van der Waals surface area contributed by atoms with Crippen molar-refractivity contribution >= 4 is 39.5 Å². The van der Waals surface area contributed by atoms with Gasteiger partial charge in [0.1, 0.15) is 12.4 Å². The number of sulfone groups is 1. The first-order chi connectivity index (χ1) is 17.7. The molecule has 1 atom stereocenters. The van der Waals surface area contributed by atoms with Crippen molar-refractivity contribution in [2.24, 2.45) is 0 Å². The summed E-state index contributed by atoms with van der Waals surface area (Å²) in [6.45, 7) is 0.182. The second-order valence-electron chi connectivity index (χ2n) is 8.91. The van der Waals surface area contributed by atoms with E-state index in [1.807, 2.05) is 0 Å². The van der Waals surface area contributed by atoms with Crippen LogP contribution in [0.1, 0.15) is 36.3 Å². The molecule has 3 aromatic carbocycles. The largest absolute Gasteiger partial charge is 0.489 e. The highest BCUT2D eigenvalue weighted by atomic mass is 35.5. The van der Waals surface area contributed by atoms with Crippen molar-refractivity contribution < 1.29 is 27.9 Å². The Bertz CT molecular complexity index is 1350. The SMILES string of the molecule is O=CN(NC1CC1)c1cc(COc2ccc(S(=O)(=O)CC(CC(=O)O)c3ccccc3)cc2)ccc1Cl. The van der Waals surface area contributed by atoms with E-state index in [1.165, 1.54) is 17.1 Å². The van der Waals surface area contributed by atoms with Crippen molar-refractivity contribution in [2.75, 3.05) is 10.8 Å². The molecule has 3 aromatic rings. The molecule has 0 aromatic heterocycles. The van der Waals surface area contributed by atoms with E-state index in [-0.39, 0.29) is 29.7 Å². The van der Waals surface area contributed by atoms with E-state index in [1.54, 1.807) is 60.7 Å². The number of ether oxygens (including phenoxy) is 1. The molecule has 1 aliphatic carbocycles. The maximum Gasteiger partial charge on any atom is 0.303 e. The van der Waals surface area contributed by atoms with Gasteiger partial charge in [-0.15, -0.1) is 0 Å². The van der Waals surface area contributed by atoms with Crippen LogP contribution in [0.2, 0.25) is 5.02 Å². The molecule has 8 nitrogen and oxygen atoms in total. The van der Waals surface area contributed by atoms with Crippen LogP contribution in [0.15, 0.2) is 77.7 Å². The monoisotopic (exact) mass is 542 g/mol. The quantitative estimate of drug-likeness (QED) is 0.240. The highest BCUT2D eigenvalue weighted by Crippen LogP contribution is 2.29. The van der Waals surface area contributed by atoms with Gasteiger partial charge in [0.15, 0.2) is 9.84 Å². The Hall–Kier alpha value is -3.40. The first-order valence-corrected chi connectivity index (χ1v) is 13.8. The molecule has 0 heterocycles. The standard InChI is InChI=1S/C27H27ClN2O6S/c28-25-13-6-19(14-26(25)30(18-31)29-22-7-8-22)16-36-23-9-11-24(12-10-23)37(34,35)17-21(15-27(32)33)20-4-2-1-3-5-20/h1-6,9-14,18,21-22,29H,7-8,15-17H2,(H,32,33). The fourth-order valence-corrected chi connectivity index (χ4v) is 5.67. The predicted octanol–water partition coefficient (Wildman–Crippen LogP) is 4.58. The number of rotatable bonds is 13. The number of halogens is 1. The van der Waals surface area contributed by atoms with E-state index in [9.17, 15) is 23.1 Å². The zero-order chi connectivity index (χ0) is 26.4. The summed E-state index contributed by atoms with van der Waals surface area (Å²) in [7, 11) is -3.74. The minimum Gasteiger partial charge on any atom is -0.489 e. The minimum atomic E-state index is -3.74. The minimum absolute atomic E-state index is 0.0905. The molecule has 0 radical (unpaired) electrons. The lowest BCUT2D eigenvalue weighted by atomic mass is 9.98. The van der Waals surface area contributed by atoms with E-state index in [2.05, 4.69) is 5.43 Å². The zero-order valence-electron chi connectivity index (χ0n) is 19.9. The molecule has 0 saturated heterocycles. The number of carbonyl (C=O) groups is 2. The summed E-state index contributed by atoms with van der Waals surface area (Å²) in [6, 6.07) is 20.3. The molecule has 2 N–H and O–H groups in total. The third-order valence-electron chi connectivity index (χ3n) is 5.98. The lowest BCUT2D eigenvalue weighted by Gasteiger charge is -2.20. The Labute approximate surface area is 220 Å². The average molecular weight is 543 g/mol. The van der Waals surface area contributed by atoms with Crippen molar-refractivity contribution in [3.8, 4) is 5.75 Å². The van der Waals surface area contributed by atoms with Crippen LogP contribution in [0.4, 0.5) is 5.69 Å². The Morgan fingerprint density at radius 3 is 2.43 bits per heavy atom. The summed E-state index contributed by atoms with van der Waals surface area (Å²) < 4.78 is 31.9. The molecule has 37 heavy (non-hydrogen) atoms. The third kappa shape index (κ3) is 7.31. The molecule has 1 aliphatic rings. The second-order valence-corrected chi connectivity index (χ2v) is 11.4. The number of hydrazine groups is 1. The van der Waals surface area contributed by atoms with Crippen molar-refractivity contribution in [2.45, 2.75) is 42.7 Å². The van der Waals surface area contributed by atoms with Gasteiger partial charge in [0, 0.05) is 12.0 Å². The van der Waals surface area contributed by atoms with Crippen molar-refractivity contribution in [3.63, 3.8) is 0 Å². The number of anilines is 1. The van der Waals surface area contributed by atoms with Crippen molar-refractivity contribution in [1.82, 2.24) is 5.43 Å². The number of aliphatic carboxylic acids is 1. The van der Waals surface area contributed by atoms with Gasteiger partial charge in [0.25, 0.3) is 0 Å². The summed E-state index contributed by atoms with van der Waals surface area (Å²) >= 11 is 6.28. The molecule has 4 rings (SSSR count). The van der Waals surface area contributed by atoms with Gasteiger partial charge in [-0.25, -0.2) is 18.9 Å². The Morgan fingerprint density at radius 2 is 1.81 bits per heavy atom. The molecule has 194 valence electrons. The van der Waals surface area contributed by atoms with Crippen LogP contribution in [0, 0.1) is 0 Å². The fourth-order valence-electron chi connectivity index (χ4n) is 3.88. The van der Waals surface area contributed by atoms with Gasteiger partial charge in [-0.05, 0) is 60.4 Å². The summed E-state index contributed by atoms with van der Waals surface area (Å²) in [5.74, 6) is -1.58. The van der Waals surface area contributed by atoms with Gasteiger partial charge in [-0.1, -0.05) is 48.0 Å². The summed E-state index contributed by atoms with van der Waals surface area (Å²) in [5, 5.41) is 11.1. The molecule has 10 heteroatoms. The van der Waals surface area contributed by atoms with Gasteiger partial charge in [-0.3, -0.25) is 9.59 Å². The molecular weight excluding hydrogens is 516 g/mol. The number of hydrogen-bond acceptors (Lipinski definition) is 6. The van der Waals surface area contributed by atoms with Gasteiger partial charge in [-0.2, -0.15) is 0 Å². The van der Waals surface area contributed by atoms with Gasteiger partial charge >= 0.3 is 5.97 Å².